The van der Waals surface area contributed by atoms with Crippen LogP contribution in [0.5, 0.6) is 5.75 Å². The number of aromatic amines is 1. The zero-order valence-electron chi connectivity index (χ0n) is 18.1. The van der Waals surface area contributed by atoms with Crippen LogP contribution in [0.4, 0.5) is 0 Å². The molecule has 0 saturated carbocycles. The number of rotatable bonds is 8. The number of hydrogen-bond acceptors (Lipinski definition) is 4. The quantitative estimate of drug-likeness (QED) is 0.232. The van der Waals surface area contributed by atoms with Gasteiger partial charge in [-0.25, -0.2) is 4.98 Å². The van der Waals surface area contributed by atoms with E-state index in [4.69, 9.17) is 4.74 Å². The first-order chi connectivity index (χ1) is 14.6. The van der Waals surface area contributed by atoms with Crippen LogP contribution in [0.1, 0.15) is 24.4 Å². The van der Waals surface area contributed by atoms with Gasteiger partial charge in [0.05, 0.1) is 38.2 Å². The van der Waals surface area contributed by atoms with Crippen molar-refractivity contribution in [2.24, 2.45) is 4.99 Å². The van der Waals surface area contributed by atoms with E-state index in [1.807, 2.05) is 79.7 Å². The van der Waals surface area contributed by atoms with Crippen LogP contribution < -0.4 is 10.1 Å². The third-order valence-electron chi connectivity index (χ3n) is 4.71. The Balaban J connectivity index is 0.00000341. The fraction of sp³-hybridized carbons (Fsp3) is 0.304. The molecule has 31 heavy (non-hydrogen) atoms. The highest BCUT2D eigenvalue weighted by atomic mass is 127. The molecule has 3 rings (SSSR count). The second-order valence-electron chi connectivity index (χ2n) is 6.95. The van der Waals surface area contributed by atoms with Crippen molar-refractivity contribution in [2.75, 3.05) is 27.2 Å². The Hall–Kier alpha value is -2.59. The molecule has 0 amide bonds. The summed E-state index contributed by atoms with van der Waals surface area (Å²) in [5.41, 5.74) is 2.88. The summed E-state index contributed by atoms with van der Waals surface area (Å²) in [7, 11) is 3.57. The minimum Gasteiger partial charge on any atom is -0.497 e. The number of imidazole rings is 1. The highest BCUT2D eigenvalue weighted by Gasteiger charge is 2.12. The standard InChI is InChI=1S/C23H29N5O2.HI/c1-4-24-23(26-15-21(29)18-10-12-19(30-3)13-11-18)28(2)16-22-25-14-20(27-22)17-8-6-5-7-9-17;/h5-14,21,29H,4,15-16H2,1-3H3,(H,24,26)(H,25,27);1H. The Bertz CT molecular complexity index is 944. The van der Waals surface area contributed by atoms with Crippen LogP contribution in [0.3, 0.4) is 0 Å². The van der Waals surface area contributed by atoms with Gasteiger partial charge in [-0.05, 0) is 30.2 Å². The van der Waals surface area contributed by atoms with E-state index in [2.05, 4.69) is 20.3 Å². The van der Waals surface area contributed by atoms with Crippen molar-refractivity contribution in [3.8, 4) is 17.0 Å². The van der Waals surface area contributed by atoms with E-state index in [0.717, 1.165) is 34.9 Å². The van der Waals surface area contributed by atoms with Crippen molar-refractivity contribution in [2.45, 2.75) is 19.6 Å². The molecule has 1 heterocycles. The molecule has 0 radical (unpaired) electrons. The van der Waals surface area contributed by atoms with E-state index in [-0.39, 0.29) is 30.5 Å². The van der Waals surface area contributed by atoms with Gasteiger partial charge in [0, 0.05) is 13.6 Å². The zero-order chi connectivity index (χ0) is 21.3. The minimum atomic E-state index is -0.689. The molecule has 8 heteroatoms. The average Bonchev–Trinajstić information content (AvgIpc) is 3.25. The fourth-order valence-corrected chi connectivity index (χ4v) is 3.08. The number of benzene rings is 2. The van der Waals surface area contributed by atoms with Gasteiger partial charge in [0.25, 0.3) is 0 Å². The molecule has 3 N–H and O–H groups in total. The highest BCUT2D eigenvalue weighted by molar-refractivity contribution is 14.0. The molecule has 0 spiro atoms. The Kier molecular flexibility index (Phi) is 9.80. The number of H-pyrrole nitrogens is 1. The number of aliphatic hydroxyl groups excluding tert-OH is 1. The first-order valence-corrected chi connectivity index (χ1v) is 10.0. The van der Waals surface area contributed by atoms with E-state index >= 15 is 0 Å². The van der Waals surface area contributed by atoms with Gasteiger partial charge in [-0.3, -0.25) is 4.99 Å². The Morgan fingerprint density at radius 3 is 2.55 bits per heavy atom. The lowest BCUT2D eigenvalue weighted by Gasteiger charge is -2.21. The van der Waals surface area contributed by atoms with Gasteiger partial charge < -0.3 is 25.0 Å². The van der Waals surface area contributed by atoms with Gasteiger partial charge in [0.1, 0.15) is 11.6 Å². The van der Waals surface area contributed by atoms with Crippen molar-refractivity contribution in [3.05, 3.63) is 72.2 Å². The Morgan fingerprint density at radius 2 is 1.90 bits per heavy atom. The first kappa shape index (κ1) is 24.7. The summed E-state index contributed by atoms with van der Waals surface area (Å²) in [5.74, 6) is 2.32. The van der Waals surface area contributed by atoms with Gasteiger partial charge in [0.2, 0.25) is 0 Å². The summed E-state index contributed by atoms with van der Waals surface area (Å²) in [4.78, 5) is 14.4. The van der Waals surface area contributed by atoms with Crippen LogP contribution in [0, 0.1) is 0 Å². The summed E-state index contributed by atoms with van der Waals surface area (Å²) in [6.07, 6.45) is 1.15. The number of aliphatic imine (C=N–C) groups is 1. The van der Waals surface area contributed by atoms with Crippen LogP contribution in [0.25, 0.3) is 11.3 Å². The topological polar surface area (TPSA) is 85.8 Å². The van der Waals surface area contributed by atoms with E-state index in [9.17, 15) is 5.11 Å². The molecule has 0 aliphatic rings. The van der Waals surface area contributed by atoms with Crippen LogP contribution in [-0.2, 0) is 6.54 Å². The molecule has 0 saturated heterocycles. The normalized spacial score (nSPS) is 12.1. The number of methoxy groups -OCH3 is 1. The smallest absolute Gasteiger partial charge is 0.194 e. The van der Waals surface area contributed by atoms with E-state index in [1.54, 1.807) is 7.11 Å². The molecule has 1 aromatic heterocycles. The Labute approximate surface area is 200 Å². The number of nitrogens with zero attached hydrogens (tertiary/aromatic N) is 3. The van der Waals surface area contributed by atoms with Gasteiger partial charge >= 0.3 is 0 Å². The maximum absolute atomic E-state index is 10.5. The van der Waals surface area contributed by atoms with Crippen molar-refractivity contribution >= 4 is 29.9 Å². The predicted molar refractivity (Wildman–Crippen MR) is 135 cm³/mol. The van der Waals surface area contributed by atoms with Crippen molar-refractivity contribution in [1.29, 1.82) is 0 Å². The molecule has 3 aromatic rings. The van der Waals surface area contributed by atoms with Crippen molar-refractivity contribution < 1.29 is 9.84 Å². The summed E-state index contributed by atoms with van der Waals surface area (Å²) in [6.45, 7) is 3.57. The van der Waals surface area contributed by atoms with Crippen LogP contribution in [0.15, 0.2) is 65.8 Å². The predicted octanol–water partition coefficient (Wildman–Crippen LogP) is 3.83. The first-order valence-electron chi connectivity index (χ1n) is 10.0. The number of guanidine groups is 1. The third-order valence-corrected chi connectivity index (χ3v) is 4.71. The number of aromatic nitrogens is 2. The van der Waals surface area contributed by atoms with E-state index in [0.29, 0.717) is 12.5 Å². The molecule has 0 fully saturated rings. The van der Waals surface area contributed by atoms with E-state index in [1.165, 1.54) is 0 Å². The molecule has 1 atom stereocenters. The van der Waals surface area contributed by atoms with Crippen LogP contribution >= 0.6 is 24.0 Å². The largest absolute Gasteiger partial charge is 0.497 e. The monoisotopic (exact) mass is 535 g/mol. The second kappa shape index (κ2) is 12.3. The molecule has 0 aliphatic carbocycles. The summed E-state index contributed by atoms with van der Waals surface area (Å²) < 4.78 is 5.16. The van der Waals surface area contributed by atoms with Gasteiger partial charge in [-0.15, -0.1) is 24.0 Å². The highest BCUT2D eigenvalue weighted by Crippen LogP contribution is 2.18. The number of halogens is 1. The molecule has 7 nitrogen and oxygen atoms in total. The minimum absolute atomic E-state index is 0. The van der Waals surface area contributed by atoms with Crippen LogP contribution in [-0.4, -0.2) is 53.2 Å². The SMILES string of the molecule is CCNC(=NCC(O)c1ccc(OC)cc1)N(C)Cc1ncc(-c2ccccc2)[nH]1.I. The molecule has 1 unspecified atom stereocenters. The number of nitrogens with one attached hydrogen (secondary N) is 2. The number of hydrogen-bond donors (Lipinski definition) is 3. The van der Waals surface area contributed by atoms with Gasteiger partial charge in [0.15, 0.2) is 5.96 Å². The molecule has 0 aliphatic heterocycles. The average molecular weight is 535 g/mol. The summed E-state index contributed by atoms with van der Waals surface area (Å²) in [5, 5.41) is 13.8. The van der Waals surface area contributed by atoms with Gasteiger partial charge in [-0.2, -0.15) is 0 Å². The summed E-state index contributed by atoms with van der Waals surface area (Å²) >= 11 is 0. The number of ether oxygens (including phenoxy) is 1. The molecule has 166 valence electrons. The van der Waals surface area contributed by atoms with Crippen molar-refractivity contribution in [3.63, 3.8) is 0 Å². The third kappa shape index (κ3) is 6.96. The number of aliphatic hydroxyl groups is 1. The molecular weight excluding hydrogens is 505 g/mol. The van der Waals surface area contributed by atoms with Crippen molar-refractivity contribution in [1.82, 2.24) is 20.2 Å². The zero-order valence-corrected chi connectivity index (χ0v) is 20.4. The maximum atomic E-state index is 10.5. The lowest BCUT2D eigenvalue weighted by molar-refractivity contribution is 0.186. The van der Waals surface area contributed by atoms with Crippen LogP contribution in [0.2, 0.25) is 0 Å². The van der Waals surface area contributed by atoms with Gasteiger partial charge in [-0.1, -0.05) is 42.5 Å². The second-order valence-corrected chi connectivity index (χ2v) is 6.95. The fourth-order valence-electron chi connectivity index (χ4n) is 3.08. The molecular formula is C23H30IN5O2. The summed E-state index contributed by atoms with van der Waals surface area (Å²) in [6, 6.07) is 17.5. The molecule has 0 bridgehead atoms. The van der Waals surface area contributed by atoms with E-state index < -0.39 is 6.10 Å². The Morgan fingerprint density at radius 1 is 1.19 bits per heavy atom. The lowest BCUT2D eigenvalue weighted by atomic mass is 10.1. The maximum Gasteiger partial charge on any atom is 0.194 e. The lowest BCUT2D eigenvalue weighted by Crippen LogP contribution is -2.39. The molecule has 2 aromatic carbocycles.